The fourth-order valence-corrected chi connectivity index (χ4v) is 3.70. The van der Waals surface area contributed by atoms with E-state index in [0.717, 1.165) is 22.4 Å². The molecule has 2 heterocycles. The Morgan fingerprint density at radius 1 is 1.00 bits per heavy atom. The number of hydrogen-bond acceptors (Lipinski definition) is 7. The quantitative estimate of drug-likeness (QED) is 0.463. The molecule has 0 saturated carbocycles. The molecule has 2 aromatic heterocycles. The van der Waals surface area contributed by atoms with Crippen molar-refractivity contribution in [1.29, 1.82) is 0 Å². The molecule has 0 fully saturated rings. The van der Waals surface area contributed by atoms with Crippen molar-refractivity contribution in [3.63, 3.8) is 0 Å². The van der Waals surface area contributed by atoms with Crippen LogP contribution in [0.4, 0.5) is 0 Å². The van der Waals surface area contributed by atoms with Crippen molar-refractivity contribution < 1.29 is 4.42 Å². The van der Waals surface area contributed by atoms with Crippen molar-refractivity contribution in [1.82, 2.24) is 30.4 Å². The fourth-order valence-electron chi connectivity index (χ4n) is 2.87. The van der Waals surface area contributed by atoms with Gasteiger partial charge >= 0.3 is 0 Å². The number of aromatic nitrogens is 6. The predicted molar refractivity (Wildman–Crippen MR) is 107 cm³/mol. The zero-order chi connectivity index (χ0) is 19.7. The summed E-state index contributed by atoms with van der Waals surface area (Å²) >= 11 is 1.48. The molecule has 7 nitrogen and oxygen atoms in total. The summed E-state index contributed by atoms with van der Waals surface area (Å²) in [6, 6.07) is 14.1. The fraction of sp³-hybridized carbons (Fsp3) is 0.250. The van der Waals surface area contributed by atoms with Crippen LogP contribution >= 0.6 is 11.8 Å². The minimum Gasteiger partial charge on any atom is -0.419 e. The van der Waals surface area contributed by atoms with Crippen molar-refractivity contribution in [3.05, 3.63) is 65.0 Å². The monoisotopic (exact) mass is 392 g/mol. The Bertz CT molecular complexity index is 1120. The van der Waals surface area contributed by atoms with Crippen LogP contribution in [0.3, 0.4) is 0 Å². The SMILES string of the molecule is Cc1cccc(-c2nnc([C@H](C)Sc3nnnn3-c3cccc(C)c3C)o2)c1. The topological polar surface area (TPSA) is 82.5 Å². The number of aryl methyl sites for hydroxylation is 2. The number of thioether (sulfide) groups is 1. The molecule has 0 spiro atoms. The molecule has 0 aliphatic heterocycles. The van der Waals surface area contributed by atoms with Gasteiger partial charge in [0, 0.05) is 5.56 Å². The van der Waals surface area contributed by atoms with Gasteiger partial charge in [-0.05, 0) is 67.4 Å². The van der Waals surface area contributed by atoms with E-state index in [1.165, 1.54) is 17.3 Å². The molecule has 0 unspecified atom stereocenters. The molecule has 4 rings (SSSR count). The second-order valence-electron chi connectivity index (χ2n) is 6.67. The van der Waals surface area contributed by atoms with E-state index in [9.17, 15) is 0 Å². The van der Waals surface area contributed by atoms with Gasteiger partial charge in [-0.15, -0.1) is 15.3 Å². The Hall–Kier alpha value is -3.00. The summed E-state index contributed by atoms with van der Waals surface area (Å²) in [5.41, 5.74) is 5.36. The third kappa shape index (κ3) is 3.55. The lowest BCUT2D eigenvalue weighted by Crippen LogP contribution is -2.03. The van der Waals surface area contributed by atoms with E-state index >= 15 is 0 Å². The maximum absolute atomic E-state index is 5.90. The van der Waals surface area contributed by atoms with E-state index in [-0.39, 0.29) is 5.25 Å². The normalized spacial score (nSPS) is 12.3. The minimum absolute atomic E-state index is 0.0964. The summed E-state index contributed by atoms with van der Waals surface area (Å²) in [7, 11) is 0. The summed E-state index contributed by atoms with van der Waals surface area (Å²) in [4.78, 5) is 0. The Kier molecular flexibility index (Phi) is 4.95. The standard InChI is InChI=1S/C20H20N6OS/c1-12-7-5-9-16(11-12)19-22-21-18(27-19)15(4)28-20-23-24-25-26(20)17-10-6-8-13(2)14(17)3/h5-11,15H,1-4H3/t15-/m0/s1. The molecular weight excluding hydrogens is 372 g/mol. The van der Waals surface area contributed by atoms with Gasteiger partial charge in [0.25, 0.3) is 0 Å². The molecule has 0 bridgehead atoms. The maximum Gasteiger partial charge on any atom is 0.247 e. The summed E-state index contributed by atoms with van der Waals surface area (Å²) in [6.07, 6.45) is 0. The van der Waals surface area contributed by atoms with Gasteiger partial charge in [0.1, 0.15) is 0 Å². The number of nitrogens with zero attached hydrogens (tertiary/aromatic N) is 6. The van der Waals surface area contributed by atoms with Gasteiger partial charge in [-0.3, -0.25) is 0 Å². The number of rotatable bonds is 5. The van der Waals surface area contributed by atoms with Gasteiger partial charge in [-0.1, -0.05) is 41.6 Å². The van der Waals surface area contributed by atoms with Gasteiger partial charge in [0.15, 0.2) is 0 Å². The lowest BCUT2D eigenvalue weighted by atomic mass is 10.1. The van der Waals surface area contributed by atoms with Crippen molar-refractivity contribution >= 4 is 11.8 Å². The first-order valence-electron chi connectivity index (χ1n) is 8.95. The highest BCUT2D eigenvalue weighted by Gasteiger charge is 2.21. The first-order valence-corrected chi connectivity index (χ1v) is 9.83. The molecule has 0 aliphatic rings. The molecular formula is C20H20N6OS. The third-order valence-electron chi connectivity index (χ3n) is 4.58. The summed E-state index contributed by atoms with van der Waals surface area (Å²) < 4.78 is 7.65. The van der Waals surface area contributed by atoms with Crippen LogP contribution in [0, 0.1) is 20.8 Å². The van der Waals surface area contributed by atoms with Gasteiger partial charge in [0.05, 0.1) is 10.9 Å². The molecule has 28 heavy (non-hydrogen) atoms. The van der Waals surface area contributed by atoms with E-state index < -0.39 is 0 Å². The Morgan fingerprint density at radius 3 is 2.64 bits per heavy atom. The van der Waals surface area contributed by atoms with Crippen molar-refractivity contribution in [2.75, 3.05) is 0 Å². The first kappa shape index (κ1) is 18.4. The van der Waals surface area contributed by atoms with E-state index in [2.05, 4.69) is 45.6 Å². The second-order valence-corrected chi connectivity index (χ2v) is 7.98. The van der Waals surface area contributed by atoms with Gasteiger partial charge in [-0.2, -0.15) is 4.68 Å². The zero-order valence-electron chi connectivity index (χ0n) is 16.1. The molecule has 0 saturated heterocycles. The molecule has 0 N–H and O–H groups in total. The average molecular weight is 392 g/mol. The van der Waals surface area contributed by atoms with Gasteiger partial charge in [-0.25, -0.2) is 0 Å². The third-order valence-corrected chi connectivity index (χ3v) is 5.60. The highest BCUT2D eigenvalue weighted by molar-refractivity contribution is 7.99. The van der Waals surface area contributed by atoms with Gasteiger partial charge < -0.3 is 4.42 Å². The smallest absolute Gasteiger partial charge is 0.247 e. The van der Waals surface area contributed by atoms with Crippen LogP contribution in [0.25, 0.3) is 17.1 Å². The predicted octanol–water partition coefficient (Wildman–Crippen LogP) is 4.49. The van der Waals surface area contributed by atoms with E-state index in [0.29, 0.717) is 16.9 Å². The first-order chi connectivity index (χ1) is 13.5. The van der Waals surface area contributed by atoms with Crippen LogP contribution in [-0.2, 0) is 0 Å². The Morgan fingerprint density at radius 2 is 1.82 bits per heavy atom. The average Bonchev–Trinajstić information content (AvgIpc) is 3.34. The molecule has 0 aliphatic carbocycles. The highest BCUT2D eigenvalue weighted by atomic mass is 32.2. The second kappa shape index (κ2) is 7.55. The maximum atomic E-state index is 5.90. The number of hydrogen-bond donors (Lipinski definition) is 0. The molecule has 2 aromatic carbocycles. The molecule has 8 heteroatoms. The summed E-state index contributed by atoms with van der Waals surface area (Å²) in [6.45, 7) is 8.17. The van der Waals surface area contributed by atoms with Crippen molar-refractivity contribution in [3.8, 4) is 17.1 Å². The molecule has 0 amide bonds. The van der Waals surface area contributed by atoms with Crippen LogP contribution < -0.4 is 0 Å². The molecule has 1 atom stereocenters. The number of tetrazole rings is 1. The minimum atomic E-state index is -0.0964. The number of benzene rings is 2. The lowest BCUT2D eigenvalue weighted by molar-refractivity contribution is 0.508. The Labute approximate surface area is 167 Å². The summed E-state index contributed by atoms with van der Waals surface area (Å²) in [5.74, 6) is 1.05. The molecule has 4 aromatic rings. The largest absolute Gasteiger partial charge is 0.419 e. The lowest BCUT2D eigenvalue weighted by Gasteiger charge is -2.10. The van der Waals surface area contributed by atoms with E-state index in [1.54, 1.807) is 4.68 Å². The Balaban J connectivity index is 1.58. The van der Waals surface area contributed by atoms with Crippen LogP contribution in [-0.4, -0.2) is 30.4 Å². The van der Waals surface area contributed by atoms with Crippen LogP contribution in [0.2, 0.25) is 0 Å². The summed E-state index contributed by atoms with van der Waals surface area (Å²) in [5, 5.41) is 21.2. The highest BCUT2D eigenvalue weighted by Crippen LogP contribution is 2.35. The molecule has 0 radical (unpaired) electrons. The van der Waals surface area contributed by atoms with Gasteiger partial charge in [0.2, 0.25) is 16.9 Å². The molecule has 142 valence electrons. The van der Waals surface area contributed by atoms with E-state index in [4.69, 9.17) is 4.42 Å². The van der Waals surface area contributed by atoms with Crippen LogP contribution in [0.5, 0.6) is 0 Å². The van der Waals surface area contributed by atoms with E-state index in [1.807, 2.05) is 50.2 Å². The van der Waals surface area contributed by atoms with Crippen LogP contribution in [0.15, 0.2) is 52.0 Å². The zero-order valence-corrected chi connectivity index (χ0v) is 16.9. The van der Waals surface area contributed by atoms with Crippen LogP contribution in [0.1, 0.15) is 34.8 Å². The van der Waals surface area contributed by atoms with Crippen molar-refractivity contribution in [2.24, 2.45) is 0 Å². The van der Waals surface area contributed by atoms with Crippen molar-refractivity contribution in [2.45, 2.75) is 38.1 Å².